The highest BCUT2D eigenvalue weighted by Gasteiger charge is 2.25. The molecule has 0 aromatic rings. The molecule has 0 amide bonds. The number of aliphatic hydroxyl groups is 1. The summed E-state index contributed by atoms with van der Waals surface area (Å²) in [7, 11) is 0. The van der Waals surface area contributed by atoms with Crippen molar-refractivity contribution in [2.75, 3.05) is 19.8 Å². The van der Waals surface area contributed by atoms with Gasteiger partial charge >= 0.3 is 0 Å². The summed E-state index contributed by atoms with van der Waals surface area (Å²) in [6, 6.07) is 0. The van der Waals surface area contributed by atoms with E-state index in [1.54, 1.807) is 0 Å². The smallest absolute Gasteiger partial charge is 0.0668 e. The first-order valence-corrected chi connectivity index (χ1v) is 4.51. The zero-order valence-electron chi connectivity index (χ0n) is 8.34. The predicted octanol–water partition coefficient (Wildman–Crippen LogP) is 0.759. The van der Waals surface area contributed by atoms with E-state index in [-0.39, 0.29) is 6.61 Å². The average Bonchev–Trinajstić information content (AvgIpc) is 2.00. The van der Waals surface area contributed by atoms with E-state index in [9.17, 15) is 0 Å². The number of rotatable bonds is 6. The van der Waals surface area contributed by atoms with Gasteiger partial charge in [-0.05, 0) is 19.3 Å². The van der Waals surface area contributed by atoms with E-state index in [0.29, 0.717) is 19.1 Å². The first-order valence-electron chi connectivity index (χ1n) is 4.51. The second-order valence-electron chi connectivity index (χ2n) is 3.76. The molecule has 0 heterocycles. The summed E-state index contributed by atoms with van der Waals surface area (Å²) >= 11 is 0. The lowest BCUT2D eigenvalue weighted by Gasteiger charge is -2.28. The van der Waals surface area contributed by atoms with Crippen molar-refractivity contribution in [2.45, 2.75) is 32.7 Å². The van der Waals surface area contributed by atoms with Gasteiger partial charge in [-0.3, -0.25) is 0 Å². The molecule has 0 aromatic carbocycles. The Morgan fingerprint density at radius 3 is 2.42 bits per heavy atom. The van der Waals surface area contributed by atoms with Gasteiger partial charge in [-0.15, -0.1) is 0 Å². The summed E-state index contributed by atoms with van der Waals surface area (Å²) in [4.78, 5) is 0. The van der Waals surface area contributed by atoms with E-state index in [4.69, 9.17) is 15.6 Å². The first-order chi connectivity index (χ1) is 5.54. The summed E-state index contributed by atoms with van der Waals surface area (Å²) in [5.41, 5.74) is 5.36. The van der Waals surface area contributed by atoms with Gasteiger partial charge in [-0.25, -0.2) is 0 Å². The molecule has 1 unspecified atom stereocenters. The van der Waals surface area contributed by atoms with Crippen LogP contribution in [0.3, 0.4) is 0 Å². The van der Waals surface area contributed by atoms with Gasteiger partial charge in [0.05, 0.1) is 18.8 Å². The molecule has 0 rings (SSSR count). The molecular weight excluding hydrogens is 154 g/mol. The fourth-order valence-electron chi connectivity index (χ4n) is 1.29. The standard InChI is InChI=1S/C9H21NO2/c1-4-12-7-9(10,6-11)5-8(2)3/h8,11H,4-7,10H2,1-3H3. The van der Waals surface area contributed by atoms with Crippen molar-refractivity contribution in [3.05, 3.63) is 0 Å². The van der Waals surface area contributed by atoms with Gasteiger partial charge in [0.1, 0.15) is 0 Å². The molecule has 0 aliphatic heterocycles. The zero-order valence-corrected chi connectivity index (χ0v) is 8.34. The van der Waals surface area contributed by atoms with E-state index in [1.165, 1.54) is 0 Å². The fraction of sp³-hybridized carbons (Fsp3) is 1.00. The van der Waals surface area contributed by atoms with Gasteiger partial charge in [0.15, 0.2) is 0 Å². The zero-order chi connectivity index (χ0) is 9.61. The second-order valence-corrected chi connectivity index (χ2v) is 3.76. The maximum absolute atomic E-state index is 9.06. The van der Waals surface area contributed by atoms with Crippen LogP contribution in [0.5, 0.6) is 0 Å². The highest BCUT2D eigenvalue weighted by atomic mass is 16.5. The molecule has 3 nitrogen and oxygen atoms in total. The van der Waals surface area contributed by atoms with E-state index in [0.717, 1.165) is 6.42 Å². The molecule has 74 valence electrons. The lowest BCUT2D eigenvalue weighted by molar-refractivity contribution is 0.0512. The van der Waals surface area contributed by atoms with Crippen molar-refractivity contribution in [3.63, 3.8) is 0 Å². The lowest BCUT2D eigenvalue weighted by atomic mass is 9.91. The molecule has 1 atom stereocenters. The summed E-state index contributed by atoms with van der Waals surface area (Å²) in [5, 5.41) is 9.06. The van der Waals surface area contributed by atoms with Gasteiger partial charge in [-0.1, -0.05) is 13.8 Å². The molecular formula is C9H21NO2. The Bertz CT molecular complexity index is 117. The number of hydrogen-bond acceptors (Lipinski definition) is 3. The second kappa shape index (κ2) is 5.51. The molecule has 3 N–H and O–H groups in total. The van der Waals surface area contributed by atoms with E-state index in [1.807, 2.05) is 6.92 Å². The number of hydrogen-bond donors (Lipinski definition) is 2. The van der Waals surface area contributed by atoms with Crippen molar-refractivity contribution in [2.24, 2.45) is 11.7 Å². The van der Waals surface area contributed by atoms with Crippen LogP contribution >= 0.6 is 0 Å². The largest absolute Gasteiger partial charge is 0.394 e. The molecule has 0 fully saturated rings. The van der Waals surface area contributed by atoms with E-state index < -0.39 is 5.54 Å². The number of aliphatic hydroxyl groups excluding tert-OH is 1. The topological polar surface area (TPSA) is 55.5 Å². The molecule has 12 heavy (non-hydrogen) atoms. The minimum atomic E-state index is -0.551. The van der Waals surface area contributed by atoms with Crippen LogP contribution in [0, 0.1) is 5.92 Å². The third-order valence-corrected chi connectivity index (χ3v) is 1.72. The number of nitrogens with two attached hydrogens (primary N) is 1. The SMILES string of the molecule is CCOCC(N)(CO)CC(C)C. The van der Waals surface area contributed by atoms with Crippen molar-refractivity contribution < 1.29 is 9.84 Å². The molecule has 0 aliphatic rings. The van der Waals surface area contributed by atoms with Gasteiger partial charge in [0, 0.05) is 6.61 Å². The minimum Gasteiger partial charge on any atom is -0.394 e. The third kappa shape index (κ3) is 4.70. The minimum absolute atomic E-state index is 0.00875. The Morgan fingerprint density at radius 1 is 1.50 bits per heavy atom. The molecule has 0 bridgehead atoms. The molecule has 0 radical (unpaired) electrons. The van der Waals surface area contributed by atoms with Gasteiger partial charge < -0.3 is 15.6 Å². The summed E-state index contributed by atoms with van der Waals surface area (Å²) < 4.78 is 5.21. The summed E-state index contributed by atoms with van der Waals surface area (Å²) in [6.45, 7) is 7.18. The maximum Gasteiger partial charge on any atom is 0.0668 e. The van der Waals surface area contributed by atoms with Crippen LogP contribution in [0.25, 0.3) is 0 Å². The summed E-state index contributed by atoms with van der Waals surface area (Å²) in [6.07, 6.45) is 0.795. The Hall–Kier alpha value is -0.120. The van der Waals surface area contributed by atoms with Crippen LogP contribution in [0.1, 0.15) is 27.2 Å². The quantitative estimate of drug-likeness (QED) is 0.626. The molecule has 0 aromatic heterocycles. The van der Waals surface area contributed by atoms with Crippen molar-refractivity contribution >= 4 is 0 Å². The van der Waals surface area contributed by atoms with Gasteiger partial charge in [0.25, 0.3) is 0 Å². The van der Waals surface area contributed by atoms with Gasteiger partial charge in [-0.2, -0.15) is 0 Å². The Balaban J connectivity index is 3.86. The van der Waals surface area contributed by atoms with Crippen LogP contribution in [0.4, 0.5) is 0 Å². The predicted molar refractivity (Wildman–Crippen MR) is 50.0 cm³/mol. The molecule has 0 saturated carbocycles. The Labute approximate surface area is 74.9 Å². The maximum atomic E-state index is 9.06. The lowest BCUT2D eigenvalue weighted by Crippen LogP contribution is -2.49. The fourth-order valence-corrected chi connectivity index (χ4v) is 1.29. The van der Waals surface area contributed by atoms with Crippen LogP contribution in [-0.2, 0) is 4.74 Å². The Morgan fingerprint density at radius 2 is 2.08 bits per heavy atom. The van der Waals surface area contributed by atoms with Crippen molar-refractivity contribution in [1.29, 1.82) is 0 Å². The highest BCUT2D eigenvalue weighted by Crippen LogP contribution is 2.13. The number of ether oxygens (including phenoxy) is 1. The van der Waals surface area contributed by atoms with Gasteiger partial charge in [0.2, 0.25) is 0 Å². The first kappa shape index (κ1) is 11.9. The summed E-state index contributed by atoms with van der Waals surface area (Å²) in [5.74, 6) is 0.489. The molecule has 0 saturated heterocycles. The molecule has 0 aliphatic carbocycles. The monoisotopic (exact) mass is 175 g/mol. The normalized spacial score (nSPS) is 16.5. The average molecular weight is 175 g/mol. The van der Waals surface area contributed by atoms with E-state index in [2.05, 4.69) is 13.8 Å². The van der Waals surface area contributed by atoms with Crippen LogP contribution in [0.15, 0.2) is 0 Å². The van der Waals surface area contributed by atoms with Crippen LogP contribution in [-0.4, -0.2) is 30.5 Å². The van der Waals surface area contributed by atoms with E-state index >= 15 is 0 Å². The van der Waals surface area contributed by atoms with Crippen molar-refractivity contribution in [3.8, 4) is 0 Å². The molecule has 3 heteroatoms. The molecule has 0 spiro atoms. The highest BCUT2D eigenvalue weighted by molar-refractivity contribution is 4.84. The van der Waals surface area contributed by atoms with Crippen LogP contribution in [0.2, 0.25) is 0 Å². The Kier molecular flexibility index (Phi) is 5.46. The van der Waals surface area contributed by atoms with Crippen molar-refractivity contribution in [1.82, 2.24) is 0 Å². The van der Waals surface area contributed by atoms with Crippen LogP contribution < -0.4 is 5.73 Å². The third-order valence-electron chi connectivity index (χ3n) is 1.72.